The summed E-state index contributed by atoms with van der Waals surface area (Å²) >= 11 is 0. The Bertz CT molecular complexity index is 492. The average molecular weight is 259 g/mol. The van der Waals surface area contributed by atoms with E-state index in [0.29, 0.717) is 5.56 Å². The van der Waals surface area contributed by atoms with E-state index < -0.39 is 0 Å². The molecule has 102 valence electrons. The van der Waals surface area contributed by atoms with Gasteiger partial charge in [0.05, 0.1) is 6.54 Å². The molecule has 3 nitrogen and oxygen atoms in total. The number of hydrogen-bond donors (Lipinski definition) is 1. The zero-order valence-electron chi connectivity index (χ0n) is 11.7. The van der Waals surface area contributed by atoms with E-state index in [0.717, 1.165) is 12.8 Å². The van der Waals surface area contributed by atoms with Gasteiger partial charge in [-0.2, -0.15) is 0 Å². The van der Waals surface area contributed by atoms with Gasteiger partial charge in [-0.1, -0.05) is 26.0 Å². The number of hydrogen-bond acceptors (Lipinski definition) is 2. The van der Waals surface area contributed by atoms with Crippen LogP contribution in [0.3, 0.4) is 0 Å². The quantitative estimate of drug-likeness (QED) is 0.845. The summed E-state index contributed by atoms with van der Waals surface area (Å²) in [5, 5.41) is 2.67. The van der Waals surface area contributed by atoms with E-state index >= 15 is 0 Å². The van der Waals surface area contributed by atoms with Crippen LogP contribution in [0.5, 0.6) is 0 Å². The van der Waals surface area contributed by atoms with Crippen LogP contribution in [0.2, 0.25) is 0 Å². The number of amides is 1. The molecule has 0 saturated carbocycles. The molecule has 1 amide bonds. The maximum atomic E-state index is 12.0. The lowest BCUT2D eigenvalue weighted by Crippen LogP contribution is -2.32. The fraction of sp³-hybridized carbons (Fsp3) is 0.500. The van der Waals surface area contributed by atoms with Crippen LogP contribution in [0.1, 0.15) is 48.2 Å². The molecule has 1 N–H and O–H groups in total. The lowest BCUT2D eigenvalue weighted by molar-refractivity contribution is -0.123. The van der Waals surface area contributed by atoms with Gasteiger partial charge in [0, 0.05) is 11.5 Å². The second kappa shape index (κ2) is 6.00. The molecule has 19 heavy (non-hydrogen) atoms. The molecule has 1 aliphatic rings. The first-order chi connectivity index (χ1) is 9.08. The molecule has 0 spiro atoms. The summed E-state index contributed by atoms with van der Waals surface area (Å²) in [5.74, 6) is -0.176. The van der Waals surface area contributed by atoms with Crippen molar-refractivity contribution in [2.75, 3.05) is 6.54 Å². The minimum atomic E-state index is -0.0867. The van der Waals surface area contributed by atoms with E-state index in [1.165, 1.54) is 24.0 Å². The van der Waals surface area contributed by atoms with Crippen LogP contribution in [0.4, 0.5) is 0 Å². The van der Waals surface area contributed by atoms with Gasteiger partial charge in [0.1, 0.15) is 0 Å². The third-order valence-electron chi connectivity index (χ3n) is 3.62. The van der Waals surface area contributed by atoms with Gasteiger partial charge in [-0.25, -0.2) is 0 Å². The topological polar surface area (TPSA) is 46.2 Å². The first-order valence-corrected chi connectivity index (χ1v) is 7.00. The molecule has 1 aromatic rings. The minimum absolute atomic E-state index is 0.0117. The summed E-state index contributed by atoms with van der Waals surface area (Å²) in [7, 11) is 0. The molecule has 3 heteroatoms. The number of aryl methyl sites for hydroxylation is 2. The number of ketones is 1. The first kappa shape index (κ1) is 13.8. The Hall–Kier alpha value is -1.64. The van der Waals surface area contributed by atoms with Crippen LogP contribution in [0, 0.1) is 5.92 Å². The van der Waals surface area contributed by atoms with Crippen LogP contribution in [0.25, 0.3) is 0 Å². The maximum absolute atomic E-state index is 12.0. The number of Topliss-reactive ketones (excluding diaryl/α,β-unsaturated/α-hetero) is 1. The third kappa shape index (κ3) is 3.43. The van der Waals surface area contributed by atoms with Gasteiger partial charge >= 0.3 is 0 Å². The molecule has 0 saturated heterocycles. The van der Waals surface area contributed by atoms with Gasteiger partial charge < -0.3 is 5.32 Å². The molecule has 0 fully saturated rings. The van der Waals surface area contributed by atoms with E-state index in [1.54, 1.807) is 0 Å². The van der Waals surface area contributed by atoms with Crippen molar-refractivity contribution < 1.29 is 9.59 Å². The van der Waals surface area contributed by atoms with E-state index in [4.69, 9.17) is 0 Å². The number of benzene rings is 1. The Kier molecular flexibility index (Phi) is 4.35. The van der Waals surface area contributed by atoms with Crippen molar-refractivity contribution >= 4 is 11.7 Å². The van der Waals surface area contributed by atoms with Gasteiger partial charge in [0.25, 0.3) is 0 Å². The zero-order chi connectivity index (χ0) is 13.8. The standard InChI is InChI=1S/C16H21NO2/c1-11(2)16(19)17-10-15(18)14-8-7-12-5-3-4-6-13(12)9-14/h7-9,11H,3-6,10H2,1-2H3,(H,17,19). The molecule has 0 atom stereocenters. The number of carbonyl (C=O) groups is 2. The number of fused-ring (bicyclic) bond motifs is 1. The van der Waals surface area contributed by atoms with Crippen LogP contribution in [-0.4, -0.2) is 18.2 Å². The molecule has 1 aliphatic carbocycles. The summed E-state index contributed by atoms with van der Waals surface area (Å²) in [6, 6.07) is 5.94. The second-order valence-electron chi connectivity index (χ2n) is 5.49. The fourth-order valence-electron chi connectivity index (χ4n) is 2.38. The van der Waals surface area contributed by atoms with Crippen molar-refractivity contribution in [2.24, 2.45) is 5.92 Å². The Morgan fingerprint density at radius 2 is 1.84 bits per heavy atom. The van der Waals surface area contributed by atoms with Crippen molar-refractivity contribution in [2.45, 2.75) is 39.5 Å². The maximum Gasteiger partial charge on any atom is 0.222 e. The largest absolute Gasteiger partial charge is 0.348 e. The minimum Gasteiger partial charge on any atom is -0.348 e. The van der Waals surface area contributed by atoms with Crippen LogP contribution < -0.4 is 5.32 Å². The molecule has 0 bridgehead atoms. The summed E-state index contributed by atoms with van der Waals surface area (Å²) in [5.41, 5.74) is 3.38. The fourth-order valence-corrected chi connectivity index (χ4v) is 2.38. The Morgan fingerprint density at radius 3 is 2.53 bits per heavy atom. The smallest absolute Gasteiger partial charge is 0.222 e. The highest BCUT2D eigenvalue weighted by Crippen LogP contribution is 2.22. The second-order valence-corrected chi connectivity index (χ2v) is 5.49. The highest BCUT2D eigenvalue weighted by molar-refractivity contribution is 5.99. The normalized spacial score (nSPS) is 14.1. The van der Waals surface area contributed by atoms with Crippen LogP contribution in [-0.2, 0) is 17.6 Å². The average Bonchev–Trinajstić information content (AvgIpc) is 2.43. The summed E-state index contributed by atoms with van der Waals surface area (Å²) in [4.78, 5) is 23.5. The van der Waals surface area contributed by atoms with Crippen molar-refractivity contribution in [3.8, 4) is 0 Å². The van der Waals surface area contributed by atoms with Crippen LogP contribution >= 0.6 is 0 Å². The molecule has 0 unspecified atom stereocenters. The molecular weight excluding hydrogens is 238 g/mol. The van der Waals surface area contributed by atoms with Gasteiger partial charge in [0.15, 0.2) is 5.78 Å². The Labute approximate surface area is 114 Å². The van der Waals surface area contributed by atoms with Gasteiger partial charge in [-0.15, -0.1) is 0 Å². The molecule has 0 aromatic heterocycles. The van der Waals surface area contributed by atoms with Crippen molar-refractivity contribution in [1.29, 1.82) is 0 Å². The Morgan fingerprint density at radius 1 is 1.16 bits per heavy atom. The summed E-state index contributed by atoms with van der Waals surface area (Å²) in [6.45, 7) is 3.73. The predicted molar refractivity (Wildman–Crippen MR) is 75.3 cm³/mol. The van der Waals surface area contributed by atoms with E-state index in [1.807, 2.05) is 26.0 Å². The van der Waals surface area contributed by atoms with E-state index in [9.17, 15) is 9.59 Å². The first-order valence-electron chi connectivity index (χ1n) is 7.00. The zero-order valence-corrected chi connectivity index (χ0v) is 11.7. The number of carbonyl (C=O) groups excluding carboxylic acids is 2. The van der Waals surface area contributed by atoms with E-state index in [2.05, 4.69) is 11.4 Å². The number of rotatable bonds is 4. The Balaban J connectivity index is 2.01. The monoisotopic (exact) mass is 259 g/mol. The summed E-state index contributed by atoms with van der Waals surface area (Å²) < 4.78 is 0. The van der Waals surface area contributed by atoms with Gasteiger partial charge in [-0.3, -0.25) is 9.59 Å². The predicted octanol–water partition coefficient (Wildman–Crippen LogP) is 2.52. The number of nitrogens with one attached hydrogen (secondary N) is 1. The highest BCUT2D eigenvalue weighted by atomic mass is 16.2. The molecule has 0 heterocycles. The van der Waals surface area contributed by atoms with Gasteiger partial charge in [0.2, 0.25) is 5.91 Å². The molecule has 0 radical (unpaired) electrons. The molecular formula is C16H21NO2. The third-order valence-corrected chi connectivity index (χ3v) is 3.62. The van der Waals surface area contributed by atoms with Crippen LogP contribution in [0.15, 0.2) is 18.2 Å². The lowest BCUT2D eigenvalue weighted by atomic mass is 9.90. The lowest BCUT2D eigenvalue weighted by Gasteiger charge is -2.16. The molecule has 0 aliphatic heterocycles. The molecule has 1 aromatic carbocycles. The highest BCUT2D eigenvalue weighted by Gasteiger charge is 2.14. The van der Waals surface area contributed by atoms with Crippen molar-refractivity contribution in [3.05, 3.63) is 34.9 Å². The SMILES string of the molecule is CC(C)C(=O)NCC(=O)c1ccc2c(c1)CCCC2. The van der Waals surface area contributed by atoms with E-state index in [-0.39, 0.29) is 24.2 Å². The van der Waals surface area contributed by atoms with Crippen molar-refractivity contribution in [1.82, 2.24) is 5.32 Å². The van der Waals surface area contributed by atoms with Gasteiger partial charge in [-0.05, 0) is 42.9 Å². The molecule has 2 rings (SSSR count). The summed E-state index contributed by atoms with van der Waals surface area (Å²) in [6.07, 6.45) is 4.63. The van der Waals surface area contributed by atoms with Crippen molar-refractivity contribution in [3.63, 3.8) is 0 Å².